The molecule has 3 aromatic rings. The summed E-state index contributed by atoms with van der Waals surface area (Å²) in [5.41, 5.74) is 1.28. The first-order chi connectivity index (χ1) is 15.3. The highest BCUT2D eigenvalue weighted by Gasteiger charge is 2.64. The van der Waals surface area contributed by atoms with Crippen LogP contribution in [0.25, 0.3) is 11.3 Å². The number of ether oxygens (including phenoxy) is 1. The fourth-order valence-corrected chi connectivity index (χ4v) is 5.39. The van der Waals surface area contributed by atoms with Crippen molar-refractivity contribution < 1.29 is 18.3 Å². The van der Waals surface area contributed by atoms with Gasteiger partial charge in [0.05, 0.1) is 22.5 Å². The Kier molecular flexibility index (Phi) is 4.73. The molecule has 2 atom stereocenters. The van der Waals surface area contributed by atoms with E-state index in [1.165, 1.54) is 18.2 Å². The van der Waals surface area contributed by atoms with Gasteiger partial charge in [-0.15, -0.1) is 5.10 Å². The quantitative estimate of drug-likeness (QED) is 0.591. The van der Waals surface area contributed by atoms with Crippen molar-refractivity contribution in [2.45, 2.75) is 44.8 Å². The molecule has 5 nitrogen and oxygen atoms in total. The largest absolute Gasteiger partial charge is 0.445 e. The van der Waals surface area contributed by atoms with Crippen LogP contribution in [0.3, 0.4) is 0 Å². The fraction of sp³-hybridized carbons (Fsp3) is 0.320. The summed E-state index contributed by atoms with van der Waals surface area (Å²) in [5, 5.41) is 11.6. The zero-order valence-corrected chi connectivity index (χ0v) is 17.9. The van der Waals surface area contributed by atoms with Crippen molar-refractivity contribution in [3.8, 4) is 11.3 Å². The van der Waals surface area contributed by atoms with Crippen molar-refractivity contribution in [3.63, 3.8) is 0 Å². The van der Waals surface area contributed by atoms with Crippen molar-refractivity contribution in [1.29, 1.82) is 0 Å². The molecular formula is C25H23F2N3O2. The normalized spacial score (nSPS) is 22.4. The zero-order chi connectivity index (χ0) is 22.5. The number of halogens is 2. The van der Waals surface area contributed by atoms with Crippen LogP contribution in [-0.2, 0) is 16.9 Å². The molecule has 2 aliphatic carbocycles. The lowest BCUT2D eigenvalue weighted by atomic mass is 9.75. The maximum Gasteiger partial charge on any atom is 0.408 e. The van der Waals surface area contributed by atoms with Crippen LogP contribution in [0.4, 0.5) is 13.6 Å². The predicted molar refractivity (Wildman–Crippen MR) is 115 cm³/mol. The van der Waals surface area contributed by atoms with Gasteiger partial charge >= 0.3 is 6.09 Å². The molecule has 0 radical (unpaired) electrons. The number of rotatable bonds is 4. The van der Waals surface area contributed by atoms with Crippen molar-refractivity contribution in [1.82, 2.24) is 15.5 Å². The molecular weight excluding hydrogens is 412 g/mol. The predicted octanol–water partition coefficient (Wildman–Crippen LogP) is 5.46. The minimum Gasteiger partial charge on any atom is -0.445 e. The number of fused-ring (bicyclic) bond motifs is 5. The first kappa shape index (κ1) is 20.5. The van der Waals surface area contributed by atoms with E-state index in [9.17, 15) is 13.6 Å². The molecule has 1 heterocycles. The highest BCUT2D eigenvalue weighted by molar-refractivity contribution is 5.71. The monoisotopic (exact) mass is 435 g/mol. The number of amides is 1. The summed E-state index contributed by atoms with van der Waals surface area (Å²) in [6.45, 7) is 4.32. The Balaban J connectivity index is 1.46. The van der Waals surface area contributed by atoms with Gasteiger partial charge in [0, 0.05) is 5.41 Å². The van der Waals surface area contributed by atoms with Crippen LogP contribution < -0.4 is 5.32 Å². The summed E-state index contributed by atoms with van der Waals surface area (Å²) in [6, 6.07) is 14.9. The van der Waals surface area contributed by atoms with Crippen LogP contribution in [0.1, 0.15) is 49.4 Å². The number of alkyl carbamates (subject to hydrolysis) is 1. The fourth-order valence-electron chi connectivity index (χ4n) is 5.39. The number of benzene rings is 2. The summed E-state index contributed by atoms with van der Waals surface area (Å²) >= 11 is 0. The minimum atomic E-state index is -0.750. The third kappa shape index (κ3) is 2.98. The molecule has 2 aliphatic rings. The molecule has 32 heavy (non-hydrogen) atoms. The van der Waals surface area contributed by atoms with E-state index in [2.05, 4.69) is 29.4 Å². The second-order valence-electron chi connectivity index (χ2n) is 9.04. The molecule has 0 saturated heterocycles. The van der Waals surface area contributed by atoms with Gasteiger partial charge in [0.25, 0.3) is 0 Å². The lowest BCUT2D eigenvalue weighted by Gasteiger charge is -2.38. The maximum absolute atomic E-state index is 14.3. The molecule has 1 aromatic heterocycles. The van der Waals surface area contributed by atoms with E-state index in [4.69, 9.17) is 4.74 Å². The number of nitrogens with one attached hydrogen (secondary N) is 1. The van der Waals surface area contributed by atoms with Crippen LogP contribution in [0.15, 0.2) is 54.6 Å². The van der Waals surface area contributed by atoms with Gasteiger partial charge in [0.2, 0.25) is 0 Å². The third-order valence-electron chi connectivity index (χ3n) is 7.13. The number of carbonyl (C=O) groups is 1. The van der Waals surface area contributed by atoms with Gasteiger partial charge in [0.15, 0.2) is 0 Å². The standard InChI is InChI=1S/C25H23F2N3O2/c1-24(2)17-11-12-25(24,28-23(31)32-14-15-7-4-3-5-8-15)22-16(17)13-20(29-30-22)21-18(26)9-6-10-19(21)27/h3-10,13,17H,11-12,14H2,1-2H3,(H,28,31)/t17-,25-/m1/s1. The van der Waals surface area contributed by atoms with Crippen LogP contribution in [0.2, 0.25) is 0 Å². The number of hydrogen-bond acceptors (Lipinski definition) is 4. The highest BCUT2D eigenvalue weighted by Crippen LogP contribution is 2.66. The lowest BCUT2D eigenvalue weighted by Crippen LogP contribution is -2.51. The minimum absolute atomic E-state index is 0.0796. The molecule has 1 saturated carbocycles. The Labute approximate surface area is 184 Å². The van der Waals surface area contributed by atoms with Gasteiger partial charge in [-0.05, 0) is 48.1 Å². The Bertz CT molecular complexity index is 1180. The molecule has 1 fully saturated rings. The number of hydrogen-bond donors (Lipinski definition) is 1. The average molecular weight is 435 g/mol. The highest BCUT2D eigenvalue weighted by atomic mass is 19.1. The zero-order valence-electron chi connectivity index (χ0n) is 17.9. The van der Waals surface area contributed by atoms with Crippen LogP contribution in [0.5, 0.6) is 0 Å². The first-order valence-corrected chi connectivity index (χ1v) is 10.6. The molecule has 1 amide bonds. The summed E-state index contributed by atoms with van der Waals surface area (Å²) in [7, 11) is 0. The van der Waals surface area contributed by atoms with Crippen LogP contribution >= 0.6 is 0 Å². The molecule has 1 N–H and O–H groups in total. The van der Waals surface area contributed by atoms with E-state index < -0.39 is 23.3 Å². The average Bonchev–Trinajstić information content (AvgIpc) is 3.12. The maximum atomic E-state index is 14.3. The van der Waals surface area contributed by atoms with Gasteiger partial charge in [-0.1, -0.05) is 50.2 Å². The van der Waals surface area contributed by atoms with Gasteiger partial charge < -0.3 is 10.1 Å². The molecule has 0 unspecified atom stereocenters. The van der Waals surface area contributed by atoms with Crippen LogP contribution in [-0.4, -0.2) is 16.3 Å². The van der Waals surface area contributed by atoms with Crippen molar-refractivity contribution in [3.05, 3.63) is 83.1 Å². The number of aromatic nitrogens is 2. The molecule has 164 valence electrons. The van der Waals surface area contributed by atoms with E-state index in [-0.39, 0.29) is 29.2 Å². The summed E-state index contributed by atoms with van der Waals surface area (Å²) in [4.78, 5) is 12.7. The van der Waals surface area contributed by atoms with E-state index in [0.717, 1.165) is 17.5 Å². The van der Waals surface area contributed by atoms with Gasteiger partial charge in [0.1, 0.15) is 18.2 Å². The topological polar surface area (TPSA) is 64.1 Å². The summed E-state index contributed by atoms with van der Waals surface area (Å²) < 4.78 is 34.1. The molecule has 0 aliphatic heterocycles. The number of nitrogens with zero attached hydrogens (tertiary/aromatic N) is 2. The third-order valence-corrected chi connectivity index (χ3v) is 7.13. The van der Waals surface area contributed by atoms with Crippen molar-refractivity contribution in [2.24, 2.45) is 5.41 Å². The summed E-state index contributed by atoms with van der Waals surface area (Å²) in [5.74, 6) is -1.28. The Morgan fingerprint density at radius 1 is 1.09 bits per heavy atom. The Hall–Kier alpha value is -3.35. The molecule has 2 aromatic carbocycles. The Morgan fingerprint density at radius 2 is 1.81 bits per heavy atom. The molecule has 2 bridgehead atoms. The molecule has 0 spiro atoms. The SMILES string of the molecule is CC1(C)[C@@H]2CC[C@@]1(NC(=O)OCc1ccccc1)c1nnc(-c3c(F)cccc3F)cc12. The lowest BCUT2D eigenvalue weighted by molar-refractivity contribution is 0.100. The van der Waals surface area contributed by atoms with Gasteiger partial charge in [-0.25, -0.2) is 13.6 Å². The van der Waals surface area contributed by atoms with Gasteiger partial charge in [-0.3, -0.25) is 0 Å². The van der Waals surface area contributed by atoms with Crippen LogP contribution in [0, 0.1) is 17.0 Å². The molecule has 7 heteroatoms. The van der Waals surface area contributed by atoms with E-state index in [1.807, 2.05) is 30.3 Å². The second kappa shape index (κ2) is 7.36. The van der Waals surface area contributed by atoms with E-state index in [1.54, 1.807) is 6.07 Å². The van der Waals surface area contributed by atoms with Crippen molar-refractivity contribution >= 4 is 6.09 Å². The Morgan fingerprint density at radius 3 is 2.53 bits per heavy atom. The first-order valence-electron chi connectivity index (χ1n) is 10.6. The molecule has 5 rings (SSSR count). The smallest absolute Gasteiger partial charge is 0.408 e. The van der Waals surface area contributed by atoms with Gasteiger partial charge in [-0.2, -0.15) is 5.10 Å². The van der Waals surface area contributed by atoms with Crippen molar-refractivity contribution in [2.75, 3.05) is 0 Å². The number of carbonyl (C=O) groups excluding carboxylic acids is 1. The van der Waals surface area contributed by atoms with E-state index in [0.29, 0.717) is 12.1 Å². The second-order valence-corrected chi connectivity index (χ2v) is 9.04. The van der Waals surface area contributed by atoms with E-state index >= 15 is 0 Å². The summed E-state index contributed by atoms with van der Waals surface area (Å²) in [6.07, 6.45) is 0.991.